The van der Waals surface area contributed by atoms with E-state index in [9.17, 15) is 17.5 Å². The van der Waals surface area contributed by atoms with Crippen LogP contribution in [0.15, 0.2) is 42.5 Å². The van der Waals surface area contributed by atoms with Crippen LogP contribution in [0.25, 0.3) is 11.1 Å². The van der Waals surface area contributed by atoms with E-state index in [1.54, 1.807) is 30.3 Å². The van der Waals surface area contributed by atoms with E-state index < -0.39 is 17.6 Å². The van der Waals surface area contributed by atoms with Crippen LogP contribution in [0.1, 0.15) is 0 Å². The molecular weight excluding hydrogens is 304 g/mol. The highest BCUT2D eigenvalue weighted by atomic mass is 32.2. The van der Waals surface area contributed by atoms with E-state index in [-0.39, 0.29) is 11.5 Å². The van der Waals surface area contributed by atoms with Crippen molar-refractivity contribution in [1.82, 2.24) is 0 Å². The van der Waals surface area contributed by atoms with E-state index in [1.165, 1.54) is 12.1 Å². The van der Waals surface area contributed by atoms with Gasteiger partial charge in [0.15, 0.2) is 11.5 Å². The molecule has 1 aliphatic rings. The summed E-state index contributed by atoms with van der Waals surface area (Å²) in [4.78, 5) is 0. The highest BCUT2D eigenvalue weighted by molar-refractivity contribution is 7.80. The zero-order chi connectivity index (χ0) is 15.0. The van der Waals surface area contributed by atoms with Gasteiger partial charge in [-0.05, 0) is 35.4 Å². The zero-order valence-electron chi connectivity index (χ0n) is 10.3. The van der Waals surface area contributed by atoms with Gasteiger partial charge in [-0.3, -0.25) is 4.21 Å². The fourth-order valence-corrected chi connectivity index (χ4v) is 2.28. The van der Waals surface area contributed by atoms with Gasteiger partial charge in [0, 0.05) is 17.0 Å². The molecule has 5 nitrogen and oxygen atoms in total. The summed E-state index contributed by atoms with van der Waals surface area (Å²) in [6.45, 7) is 0. The number of fused-ring (bicyclic) bond motifs is 1. The lowest BCUT2D eigenvalue weighted by Crippen LogP contribution is -2.25. The van der Waals surface area contributed by atoms with Gasteiger partial charge in [-0.2, -0.15) is 0 Å². The number of anilines is 1. The Bertz CT molecular complexity index is 706. The van der Waals surface area contributed by atoms with E-state index >= 15 is 0 Å². The van der Waals surface area contributed by atoms with Gasteiger partial charge in [-0.15, -0.1) is 8.78 Å². The SMILES string of the molecule is O=S([O-])Nc1ccc(-c2ccc3c(c2)OC(F)(F)O3)cc1. The molecular formula is C13H8F2NO4S-. The summed E-state index contributed by atoms with van der Waals surface area (Å²) < 4.78 is 57.8. The molecule has 1 aliphatic heterocycles. The van der Waals surface area contributed by atoms with Crippen LogP contribution in [0.2, 0.25) is 0 Å². The van der Waals surface area contributed by atoms with E-state index in [0.29, 0.717) is 11.3 Å². The van der Waals surface area contributed by atoms with E-state index in [2.05, 4.69) is 14.2 Å². The molecule has 0 radical (unpaired) electrons. The number of hydrogen-bond acceptors (Lipinski definition) is 4. The standard InChI is InChI=1S/C13H9F2NO4S/c14-13(15)19-11-6-3-9(7-12(11)20-13)8-1-4-10(5-2-8)16-21(17)18/h1-7,16H,(H,17,18)/p-1. The Morgan fingerprint density at radius 1 is 1.00 bits per heavy atom. The first-order chi connectivity index (χ1) is 9.93. The molecule has 0 saturated carbocycles. The molecule has 2 aromatic carbocycles. The first kappa shape index (κ1) is 13.8. The molecule has 0 spiro atoms. The minimum atomic E-state index is -3.65. The van der Waals surface area contributed by atoms with Crippen molar-refractivity contribution < 1.29 is 27.0 Å². The van der Waals surface area contributed by atoms with Crippen molar-refractivity contribution in [3.05, 3.63) is 42.5 Å². The van der Waals surface area contributed by atoms with E-state index in [1.807, 2.05) is 0 Å². The number of rotatable bonds is 3. The topological polar surface area (TPSA) is 70.6 Å². The molecule has 1 heterocycles. The van der Waals surface area contributed by atoms with Crippen molar-refractivity contribution in [2.75, 3.05) is 4.72 Å². The molecule has 0 amide bonds. The van der Waals surface area contributed by atoms with Crippen molar-refractivity contribution >= 4 is 17.0 Å². The fraction of sp³-hybridized carbons (Fsp3) is 0.0769. The van der Waals surface area contributed by atoms with Gasteiger partial charge < -0.3 is 18.7 Å². The molecule has 8 heteroatoms. The predicted octanol–water partition coefficient (Wildman–Crippen LogP) is 2.88. The summed E-state index contributed by atoms with van der Waals surface area (Å²) in [6.07, 6.45) is -3.65. The van der Waals surface area contributed by atoms with Gasteiger partial charge in [-0.1, -0.05) is 18.2 Å². The second kappa shape index (κ2) is 4.97. The Balaban J connectivity index is 1.87. The molecule has 0 fully saturated rings. The Labute approximate surface area is 120 Å². The predicted molar refractivity (Wildman–Crippen MR) is 70.6 cm³/mol. The molecule has 2 aromatic rings. The molecule has 0 saturated heterocycles. The molecule has 0 bridgehead atoms. The molecule has 0 aromatic heterocycles. The third-order valence-electron chi connectivity index (χ3n) is 2.82. The lowest BCUT2D eigenvalue weighted by atomic mass is 10.0. The number of halogens is 2. The maximum absolute atomic E-state index is 12.9. The number of ether oxygens (including phenoxy) is 2. The molecule has 110 valence electrons. The molecule has 1 atom stereocenters. The lowest BCUT2D eigenvalue weighted by Gasteiger charge is -2.09. The second-order valence-corrected chi connectivity index (χ2v) is 4.92. The van der Waals surface area contributed by atoms with Crippen LogP contribution < -0.4 is 14.2 Å². The number of alkyl halides is 2. The maximum Gasteiger partial charge on any atom is 0.586 e. The molecule has 1 N–H and O–H groups in total. The Morgan fingerprint density at radius 2 is 1.62 bits per heavy atom. The number of nitrogens with one attached hydrogen (secondary N) is 1. The van der Waals surface area contributed by atoms with E-state index in [0.717, 1.165) is 5.56 Å². The second-order valence-electron chi connectivity index (χ2n) is 4.24. The summed E-state index contributed by atoms with van der Waals surface area (Å²) >= 11 is -2.40. The van der Waals surface area contributed by atoms with Gasteiger partial charge >= 0.3 is 6.29 Å². The average molecular weight is 312 g/mol. The third kappa shape index (κ3) is 2.96. The first-order valence-corrected chi connectivity index (χ1v) is 6.87. The molecule has 0 aliphatic carbocycles. The minimum absolute atomic E-state index is 0.0243. The number of benzene rings is 2. The Kier molecular flexibility index (Phi) is 3.26. The van der Waals surface area contributed by atoms with Crippen LogP contribution >= 0.6 is 0 Å². The van der Waals surface area contributed by atoms with Gasteiger partial charge in [0.25, 0.3) is 0 Å². The summed E-state index contributed by atoms with van der Waals surface area (Å²) in [7, 11) is 0. The van der Waals surface area contributed by atoms with Gasteiger partial charge in [0.05, 0.1) is 0 Å². The van der Waals surface area contributed by atoms with Crippen LogP contribution in [0.4, 0.5) is 14.5 Å². The van der Waals surface area contributed by atoms with Crippen molar-refractivity contribution in [2.24, 2.45) is 0 Å². The quantitative estimate of drug-likeness (QED) is 0.885. The third-order valence-corrected chi connectivity index (χ3v) is 3.22. The summed E-state index contributed by atoms with van der Waals surface area (Å²) in [5.41, 5.74) is 1.77. The van der Waals surface area contributed by atoms with Crippen LogP contribution in [0, 0.1) is 0 Å². The lowest BCUT2D eigenvalue weighted by molar-refractivity contribution is -0.286. The minimum Gasteiger partial charge on any atom is -0.755 e. The monoisotopic (exact) mass is 312 g/mol. The fourth-order valence-electron chi connectivity index (χ4n) is 1.96. The summed E-state index contributed by atoms with van der Waals surface area (Å²) in [6, 6.07) is 10.9. The van der Waals surface area contributed by atoms with Crippen molar-refractivity contribution in [2.45, 2.75) is 6.29 Å². The van der Waals surface area contributed by atoms with E-state index in [4.69, 9.17) is 0 Å². The smallest absolute Gasteiger partial charge is 0.586 e. The summed E-state index contributed by atoms with van der Waals surface area (Å²) in [5, 5.41) is 0. The van der Waals surface area contributed by atoms with Gasteiger partial charge in [0.1, 0.15) is 0 Å². The average Bonchev–Trinajstić information content (AvgIpc) is 2.71. The van der Waals surface area contributed by atoms with Gasteiger partial charge in [-0.25, -0.2) is 0 Å². The molecule has 3 rings (SSSR count). The zero-order valence-corrected chi connectivity index (χ0v) is 11.2. The molecule has 21 heavy (non-hydrogen) atoms. The van der Waals surface area contributed by atoms with Crippen molar-refractivity contribution in [3.63, 3.8) is 0 Å². The largest absolute Gasteiger partial charge is 0.755 e. The highest BCUT2D eigenvalue weighted by Gasteiger charge is 2.43. The Morgan fingerprint density at radius 3 is 2.29 bits per heavy atom. The van der Waals surface area contributed by atoms with Crippen LogP contribution in [-0.4, -0.2) is 15.1 Å². The first-order valence-electron chi connectivity index (χ1n) is 5.79. The normalized spacial score (nSPS) is 16.5. The van der Waals surface area contributed by atoms with Crippen molar-refractivity contribution in [1.29, 1.82) is 0 Å². The van der Waals surface area contributed by atoms with Gasteiger partial charge in [0.2, 0.25) is 0 Å². The summed E-state index contributed by atoms with van der Waals surface area (Å²) in [5.74, 6) is -0.0656. The van der Waals surface area contributed by atoms with Crippen LogP contribution in [0.5, 0.6) is 11.5 Å². The molecule has 1 unspecified atom stereocenters. The number of hydrogen-bond donors (Lipinski definition) is 1. The van der Waals surface area contributed by atoms with Crippen LogP contribution in [0.3, 0.4) is 0 Å². The van der Waals surface area contributed by atoms with Crippen LogP contribution in [-0.2, 0) is 11.3 Å². The highest BCUT2D eigenvalue weighted by Crippen LogP contribution is 2.42. The maximum atomic E-state index is 12.9. The van der Waals surface area contributed by atoms with Crippen molar-refractivity contribution in [3.8, 4) is 22.6 Å². The Hall–Kier alpha value is -2.19.